The Balaban J connectivity index is 2.20. The van der Waals surface area contributed by atoms with E-state index in [4.69, 9.17) is 5.73 Å². The van der Waals surface area contributed by atoms with Gasteiger partial charge in [-0.1, -0.05) is 18.2 Å². The van der Waals surface area contributed by atoms with Crippen LogP contribution in [0.4, 0.5) is 18.9 Å². The van der Waals surface area contributed by atoms with Gasteiger partial charge in [0.25, 0.3) is 5.91 Å². The second kappa shape index (κ2) is 6.47. The van der Waals surface area contributed by atoms with Gasteiger partial charge >= 0.3 is 6.18 Å². The molecule has 0 spiro atoms. The summed E-state index contributed by atoms with van der Waals surface area (Å²) in [7, 11) is 0. The van der Waals surface area contributed by atoms with Crippen LogP contribution >= 0.6 is 0 Å². The van der Waals surface area contributed by atoms with Crippen molar-refractivity contribution in [2.75, 3.05) is 5.32 Å². The summed E-state index contributed by atoms with van der Waals surface area (Å²) in [6, 6.07) is 7.64. The monoisotopic (exact) mass is 323 g/mol. The van der Waals surface area contributed by atoms with Crippen molar-refractivity contribution >= 4 is 17.5 Å². The average molecular weight is 323 g/mol. The highest BCUT2D eigenvalue weighted by molar-refractivity contribution is 6.01. The summed E-state index contributed by atoms with van der Waals surface area (Å²) in [5, 5.41) is 2.35. The van der Waals surface area contributed by atoms with Crippen molar-refractivity contribution < 1.29 is 22.8 Å². The molecule has 0 unspecified atom stereocenters. The number of pyridine rings is 1. The van der Waals surface area contributed by atoms with Crippen molar-refractivity contribution in [1.29, 1.82) is 0 Å². The Kier molecular flexibility index (Phi) is 4.63. The van der Waals surface area contributed by atoms with Gasteiger partial charge < -0.3 is 11.1 Å². The Morgan fingerprint density at radius 2 is 1.83 bits per heavy atom. The van der Waals surface area contributed by atoms with Crippen LogP contribution < -0.4 is 11.1 Å². The Bertz CT molecular complexity index is 745. The second-order valence-corrected chi connectivity index (χ2v) is 4.64. The molecule has 2 amide bonds. The van der Waals surface area contributed by atoms with E-state index in [0.29, 0.717) is 0 Å². The largest absolute Gasteiger partial charge is 0.416 e. The van der Waals surface area contributed by atoms with Crippen LogP contribution in [-0.2, 0) is 17.4 Å². The van der Waals surface area contributed by atoms with Crippen molar-refractivity contribution in [2.24, 2.45) is 5.73 Å². The van der Waals surface area contributed by atoms with Crippen LogP contribution in [0.15, 0.2) is 42.6 Å². The first-order valence-electron chi connectivity index (χ1n) is 6.49. The number of carbonyl (C=O) groups excluding carboxylic acids is 2. The highest BCUT2D eigenvalue weighted by Crippen LogP contribution is 2.32. The number of nitrogens with zero attached hydrogens (tertiary/aromatic N) is 1. The third-order valence-electron chi connectivity index (χ3n) is 2.99. The van der Waals surface area contributed by atoms with Gasteiger partial charge in [-0.15, -0.1) is 0 Å². The van der Waals surface area contributed by atoms with Crippen LogP contribution in [0.2, 0.25) is 0 Å². The average Bonchev–Trinajstić information content (AvgIpc) is 2.47. The Hall–Kier alpha value is -2.90. The molecule has 0 fully saturated rings. The summed E-state index contributed by atoms with van der Waals surface area (Å²) in [6.07, 6.45) is -3.74. The van der Waals surface area contributed by atoms with Gasteiger partial charge in [-0.3, -0.25) is 9.59 Å². The number of hydrogen-bond acceptors (Lipinski definition) is 3. The lowest BCUT2D eigenvalue weighted by atomic mass is 10.0. The summed E-state index contributed by atoms with van der Waals surface area (Å²) < 4.78 is 38.7. The lowest BCUT2D eigenvalue weighted by Crippen LogP contribution is -2.21. The van der Waals surface area contributed by atoms with E-state index in [-0.39, 0.29) is 16.9 Å². The summed E-state index contributed by atoms with van der Waals surface area (Å²) in [4.78, 5) is 26.9. The molecule has 3 N–H and O–H groups in total. The van der Waals surface area contributed by atoms with E-state index in [1.54, 1.807) is 0 Å². The Morgan fingerprint density at radius 1 is 1.13 bits per heavy atom. The maximum Gasteiger partial charge on any atom is 0.416 e. The van der Waals surface area contributed by atoms with Crippen molar-refractivity contribution in [2.45, 2.75) is 12.6 Å². The molecule has 2 rings (SSSR count). The fourth-order valence-electron chi connectivity index (χ4n) is 2.02. The van der Waals surface area contributed by atoms with Crippen LogP contribution in [-0.4, -0.2) is 16.8 Å². The number of hydrogen-bond donors (Lipinski definition) is 2. The molecule has 0 aliphatic heterocycles. The second-order valence-electron chi connectivity index (χ2n) is 4.64. The molecule has 0 aliphatic rings. The number of nitrogens with two attached hydrogens (primary N) is 1. The fraction of sp³-hybridized carbons (Fsp3) is 0.133. The molecule has 0 saturated heterocycles. The lowest BCUT2D eigenvalue weighted by Gasteiger charge is -2.13. The third kappa shape index (κ3) is 4.06. The molecule has 1 heterocycles. The SMILES string of the molecule is NC(=O)c1ncccc1NC(=O)Cc1ccccc1C(F)(F)F. The Labute approximate surface area is 129 Å². The van der Waals surface area contributed by atoms with E-state index in [0.717, 1.165) is 6.07 Å². The molecule has 120 valence electrons. The predicted molar refractivity (Wildman–Crippen MR) is 76.5 cm³/mol. The standard InChI is InChI=1S/C15H12F3N3O2/c16-15(17,18)10-5-2-1-4-9(10)8-12(22)21-11-6-3-7-20-13(11)14(19)23/h1-7H,8H2,(H2,19,23)(H,21,22). The van der Waals surface area contributed by atoms with Gasteiger partial charge in [0.1, 0.15) is 0 Å². The first kappa shape index (κ1) is 16.5. The Morgan fingerprint density at radius 3 is 2.48 bits per heavy atom. The van der Waals surface area contributed by atoms with Gasteiger partial charge in [0.15, 0.2) is 5.69 Å². The molecular weight excluding hydrogens is 311 g/mol. The van der Waals surface area contributed by atoms with Crippen LogP contribution in [0.1, 0.15) is 21.6 Å². The first-order valence-corrected chi connectivity index (χ1v) is 6.49. The number of primary amides is 1. The molecule has 5 nitrogen and oxygen atoms in total. The molecule has 1 aromatic carbocycles. The number of rotatable bonds is 4. The summed E-state index contributed by atoms with van der Waals surface area (Å²) >= 11 is 0. The molecule has 0 atom stereocenters. The van der Waals surface area contributed by atoms with Gasteiger partial charge in [-0.25, -0.2) is 4.98 Å². The molecule has 0 aliphatic carbocycles. The molecule has 0 radical (unpaired) electrons. The maximum atomic E-state index is 12.9. The van der Waals surface area contributed by atoms with Gasteiger partial charge in [-0.05, 0) is 23.8 Å². The normalized spacial score (nSPS) is 11.1. The quantitative estimate of drug-likeness (QED) is 0.906. The fourth-order valence-corrected chi connectivity index (χ4v) is 2.02. The number of alkyl halides is 3. The number of aromatic nitrogens is 1. The summed E-state index contributed by atoms with van der Waals surface area (Å²) in [5.74, 6) is -1.56. The zero-order valence-corrected chi connectivity index (χ0v) is 11.7. The number of anilines is 1. The minimum atomic E-state index is -4.55. The van der Waals surface area contributed by atoms with E-state index in [9.17, 15) is 22.8 Å². The van der Waals surface area contributed by atoms with Crippen molar-refractivity contribution in [3.8, 4) is 0 Å². The smallest absolute Gasteiger partial charge is 0.364 e. The van der Waals surface area contributed by atoms with E-state index in [1.807, 2.05) is 0 Å². The molecule has 8 heteroatoms. The van der Waals surface area contributed by atoms with Crippen LogP contribution in [0.5, 0.6) is 0 Å². The van der Waals surface area contributed by atoms with Gasteiger partial charge in [0.05, 0.1) is 17.7 Å². The number of benzene rings is 1. The van der Waals surface area contributed by atoms with E-state index < -0.39 is 30.0 Å². The number of nitrogens with one attached hydrogen (secondary N) is 1. The number of carbonyl (C=O) groups is 2. The maximum absolute atomic E-state index is 12.9. The predicted octanol–water partition coefficient (Wildman–Crippen LogP) is 2.38. The molecule has 2 aromatic rings. The van der Waals surface area contributed by atoms with E-state index in [2.05, 4.69) is 10.3 Å². The minimum Gasteiger partial charge on any atom is -0.364 e. The first-order chi connectivity index (χ1) is 10.8. The molecule has 0 saturated carbocycles. The highest BCUT2D eigenvalue weighted by Gasteiger charge is 2.33. The van der Waals surface area contributed by atoms with E-state index >= 15 is 0 Å². The molecule has 0 bridgehead atoms. The minimum absolute atomic E-state index is 0.0505. The van der Waals surface area contributed by atoms with Crippen molar-refractivity contribution in [1.82, 2.24) is 4.98 Å². The van der Waals surface area contributed by atoms with E-state index in [1.165, 1.54) is 36.5 Å². The topological polar surface area (TPSA) is 85.1 Å². The van der Waals surface area contributed by atoms with Gasteiger partial charge in [-0.2, -0.15) is 13.2 Å². The number of halogens is 3. The molecule has 1 aromatic heterocycles. The number of amides is 2. The molecular formula is C15H12F3N3O2. The van der Waals surface area contributed by atoms with Crippen LogP contribution in [0, 0.1) is 0 Å². The molecule has 23 heavy (non-hydrogen) atoms. The zero-order chi connectivity index (χ0) is 17.0. The van der Waals surface area contributed by atoms with Crippen LogP contribution in [0.25, 0.3) is 0 Å². The lowest BCUT2D eigenvalue weighted by molar-refractivity contribution is -0.138. The van der Waals surface area contributed by atoms with Gasteiger partial charge in [0, 0.05) is 6.20 Å². The van der Waals surface area contributed by atoms with Crippen molar-refractivity contribution in [3.05, 3.63) is 59.4 Å². The highest BCUT2D eigenvalue weighted by atomic mass is 19.4. The summed E-state index contributed by atoms with van der Waals surface area (Å²) in [6.45, 7) is 0. The van der Waals surface area contributed by atoms with Gasteiger partial charge in [0.2, 0.25) is 5.91 Å². The summed E-state index contributed by atoms with van der Waals surface area (Å²) in [5.41, 5.74) is 3.97. The van der Waals surface area contributed by atoms with Crippen molar-refractivity contribution in [3.63, 3.8) is 0 Å². The third-order valence-corrected chi connectivity index (χ3v) is 2.99. The zero-order valence-electron chi connectivity index (χ0n) is 11.7. The van der Waals surface area contributed by atoms with Crippen LogP contribution in [0.3, 0.4) is 0 Å².